The van der Waals surface area contributed by atoms with Crippen molar-refractivity contribution in [1.29, 1.82) is 0 Å². The van der Waals surface area contributed by atoms with Crippen molar-refractivity contribution in [1.82, 2.24) is 19.7 Å². The van der Waals surface area contributed by atoms with E-state index in [1.807, 2.05) is 30.5 Å². The van der Waals surface area contributed by atoms with Crippen molar-refractivity contribution in [2.24, 2.45) is 0 Å². The lowest BCUT2D eigenvalue weighted by Gasteiger charge is -2.20. The Morgan fingerprint density at radius 2 is 1.84 bits per heavy atom. The summed E-state index contributed by atoms with van der Waals surface area (Å²) in [6.07, 6.45) is 0.849. The zero-order chi connectivity index (χ0) is 22.7. The van der Waals surface area contributed by atoms with Gasteiger partial charge in [-0.3, -0.25) is 14.3 Å². The van der Waals surface area contributed by atoms with Crippen molar-refractivity contribution < 1.29 is 4.79 Å². The molecular formula is C24H25N5OS2. The molecule has 0 aliphatic heterocycles. The number of hydrogen-bond acceptors (Lipinski definition) is 6. The third-order valence-corrected chi connectivity index (χ3v) is 6.93. The predicted molar refractivity (Wildman–Crippen MR) is 131 cm³/mol. The highest BCUT2D eigenvalue weighted by atomic mass is 32.2. The molecule has 2 aromatic heterocycles. The molecule has 0 fully saturated rings. The Kier molecular flexibility index (Phi) is 6.72. The Balaban J connectivity index is 1.55. The highest BCUT2D eigenvalue weighted by molar-refractivity contribution is 7.98. The molecule has 164 valence electrons. The maximum absolute atomic E-state index is 12.5. The number of aromatic nitrogens is 4. The number of benzene rings is 2. The Bertz CT molecular complexity index is 1230. The standard InChI is InChI=1S/C24H25N5OS2/c1-5-19-8-6-7-9-22(19)29(18(4)30)23-25-20(14-31-23)15-32-24-27-26-17(3)28(24)21-12-10-16(2)11-13-21/h6-14H,5,15H2,1-4H3. The van der Waals surface area contributed by atoms with Gasteiger partial charge in [-0.2, -0.15) is 0 Å². The van der Waals surface area contributed by atoms with Crippen LogP contribution in [0.15, 0.2) is 59.1 Å². The van der Waals surface area contributed by atoms with Crippen LogP contribution >= 0.6 is 23.1 Å². The summed E-state index contributed by atoms with van der Waals surface area (Å²) in [5.41, 5.74) is 5.18. The lowest BCUT2D eigenvalue weighted by Crippen LogP contribution is -2.23. The molecule has 0 atom stereocenters. The Morgan fingerprint density at radius 3 is 2.56 bits per heavy atom. The summed E-state index contributed by atoms with van der Waals surface area (Å²) < 4.78 is 2.05. The fourth-order valence-electron chi connectivity index (χ4n) is 3.47. The van der Waals surface area contributed by atoms with Gasteiger partial charge < -0.3 is 0 Å². The molecule has 4 aromatic rings. The van der Waals surface area contributed by atoms with Crippen LogP contribution in [0.5, 0.6) is 0 Å². The predicted octanol–water partition coefficient (Wildman–Crippen LogP) is 5.88. The molecule has 1 amide bonds. The molecule has 0 aliphatic rings. The SMILES string of the molecule is CCc1ccccc1N(C(C)=O)c1nc(CSc2nnc(C)n2-c2ccc(C)cc2)cs1. The molecule has 0 saturated carbocycles. The smallest absolute Gasteiger partial charge is 0.230 e. The van der Waals surface area contributed by atoms with Gasteiger partial charge in [0.1, 0.15) is 5.82 Å². The molecule has 0 saturated heterocycles. The van der Waals surface area contributed by atoms with E-state index in [0.29, 0.717) is 10.9 Å². The van der Waals surface area contributed by atoms with Gasteiger partial charge >= 0.3 is 0 Å². The van der Waals surface area contributed by atoms with Gasteiger partial charge in [-0.05, 0) is 44.0 Å². The number of para-hydroxylation sites is 1. The summed E-state index contributed by atoms with van der Waals surface area (Å²) in [6.45, 7) is 7.69. The van der Waals surface area contributed by atoms with Crippen LogP contribution in [0.25, 0.3) is 5.69 Å². The fourth-order valence-corrected chi connectivity index (χ4v) is 5.34. The van der Waals surface area contributed by atoms with Gasteiger partial charge in [0.15, 0.2) is 10.3 Å². The van der Waals surface area contributed by atoms with E-state index < -0.39 is 0 Å². The molecule has 0 bridgehead atoms. The summed E-state index contributed by atoms with van der Waals surface area (Å²) in [5, 5.41) is 12.1. The first-order valence-corrected chi connectivity index (χ1v) is 12.3. The van der Waals surface area contributed by atoms with Crippen molar-refractivity contribution in [2.45, 2.75) is 45.0 Å². The molecule has 2 aromatic carbocycles. The Hall–Kier alpha value is -2.97. The van der Waals surface area contributed by atoms with Crippen LogP contribution in [0.2, 0.25) is 0 Å². The largest absolute Gasteiger partial charge is 0.274 e. The molecule has 0 radical (unpaired) electrons. The van der Waals surface area contributed by atoms with Gasteiger partial charge in [-0.25, -0.2) is 4.98 Å². The highest BCUT2D eigenvalue weighted by Gasteiger charge is 2.20. The number of anilines is 2. The second-order valence-corrected chi connectivity index (χ2v) is 9.23. The second kappa shape index (κ2) is 9.67. The second-order valence-electron chi connectivity index (χ2n) is 7.45. The van der Waals surface area contributed by atoms with Crippen molar-refractivity contribution in [2.75, 3.05) is 4.90 Å². The Labute approximate surface area is 196 Å². The number of thiazole rings is 1. The van der Waals surface area contributed by atoms with Crippen molar-refractivity contribution in [3.63, 3.8) is 0 Å². The maximum Gasteiger partial charge on any atom is 0.230 e. The number of amides is 1. The summed E-state index contributed by atoms with van der Waals surface area (Å²) in [5.74, 6) is 1.44. The third-order valence-electron chi connectivity index (χ3n) is 5.10. The van der Waals surface area contributed by atoms with Crippen molar-refractivity contribution in [3.8, 4) is 5.69 Å². The number of rotatable bonds is 7. The highest BCUT2D eigenvalue weighted by Crippen LogP contribution is 2.33. The first-order chi connectivity index (χ1) is 15.5. The lowest BCUT2D eigenvalue weighted by atomic mass is 10.1. The lowest BCUT2D eigenvalue weighted by molar-refractivity contribution is -0.115. The molecule has 0 aliphatic carbocycles. The van der Waals surface area contributed by atoms with Gasteiger partial charge in [0, 0.05) is 23.7 Å². The average molecular weight is 464 g/mol. The number of hydrogen-bond donors (Lipinski definition) is 0. The topological polar surface area (TPSA) is 63.9 Å². The average Bonchev–Trinajstić information content (AvgIpc) is 3.40. The first kappa shape index (κ1) is 22.2. The minimum absolute atomic E-state index is 0.0470. The number of carbonyl (C=O) groups is 1. The van der Waals surface area contributed by atoms with Crippen LogP contribution in [0.1, 0.15) is 36.5 Å². The van der Waals surface area contributed by atoms with Gasteiger partial charge in [0.25, 0.3) is 0 Å². The van der Waals surface area contributed by atoms with Gasteiger partial charge in [0.05, 0.1) is 11.4 Å². The van der Waals surface area contributed by atoms with E-state index in [-0.39, 0.29) is 5.91 Å². The van der Waals surface area contributed by atoms with Crippen molar-refractivity contribution >= 4 is 39.8 Å². The van der Waals surface area contributed by atoms with Crippen LogP contribution in [-0.2, 0) is 17.0 Å². The molecule has 0 unspecified atom stereocenters. The molecule has 32 heavy (non-hydrogen) atoms. The Morgan fingerprint density at radius 1 is 1.09 bits per heavy atom. The summed E-state index contributed by atoms with van der Waals surface area (Å²) in [6, 6.07) is 16.3. The van der Waals surface area contributed by atoms with Crippen LogP contribution in [0.4, 0.5) is 10.8 Å². The zero-order valence-corrected chi connectivity index (χ0v) is 20.2. The normalized spacial score (nSPS) is 11.0. The van der Waals surface area contributed by atoms with Crippen LogP contribution < -0.4 is 4.90 Å². The molecule has 0 spiro atoms. The molecule has 8 heteroatoms. The minimum atomic E-state index is -0.0470. The number of thioether (sulfide) groups is 1. The maximum atomic E-state index is 12.5. The number of nitrogens with zero attached hydrogens (tertiary/aromatic N) is 5. The third kappa shape index (κ3) is 4.61. The summed E-state index contributed by atoms with van der Waals surface area (Å²) in [4.78, 5) is 19.0. The van der Waals surface area contributed by atoms with E-state index in [1.165, 1.54) is 16.9 Å². The van der Waals surface area contributed by atoms with Crippen molar-refractivity contribution in [3.05, 3.63) is 76.6 Å². The molecule has 0 N–H and O–H groups in total. The van der Waals surface area contributed by atoms with Crippen LogP contribution in [0, 0.1) is 13.8 Å². The summed E-state index contributed by atoms with van der Waals surface area (Å²) >= 11 is 3.07. The fraction of sp³-hybridized carbons (Fsp3) is 0.250. The van der Waals surface area contributed by atoms with Gasteiger partial charge in [0.2, 0.25) is 5.91 Å². The van der Waals surface area contributed by atoms with Crippen LogP contribution in [-0.4, -0.2) is 25.7 Å². The zero-order valence-electron chi connectivity index (χ0n) is 18.6. The van der Waals surface area contributed by atoms with E-state index in [1.54, 1.807) is 23.6 Å². The van der Waals surface area contributed by atoms with E-state index >= 15 is 0 Å². The first-order valence-electron chi connectivity index (χ1n) is 10.4. The van der Waals surface area contributed by atoms with Crippen LogP contribution in [0.3, 0.4) is 0 Å². The molecule has 2 heterocycles. The number of aryl methyl sites for hydroxylation is 3. The molecular weight excluding hydrogens is 438 g/mol. The van der Waals surface area contributed by atoms with E-state index in [4.69, 9.17) is 4.98 Å². The minimum Gasteiger partial charge on any atom is -0.274 e. The van der Waals surface area contributed by atoms with Gasteiger partial charge in [-0.1, -0.05) is 54.6 Å². The van der Waals surface area contributed by atoms with E-state index in [2.05, 4.69) is 58.9 Å². The van der Waals surface area contributed by atoms with Gasteiger partial charge in [-0.15, -0.1) is 21.5 Å². The number of carbonyl (C=O) groups excluding carboxylic acids is 1. The molecule has 6 nitrogen and oxygen atoms in total. The summed E-state index contributed by atoms with van der Waals surface area (Å²) in [7, 11) is 0. The quantitative estimate of drug-likeness (QED) is 0.320. The molecule has 4 rings (SSSR count). The monoisotopic (exact) mass is 463 g/mol. The van der Waals surface area contributed by atoms with E-state index in [0.717, 1.165) is 40.0 Å². The van der Waals surface area contributed by atoms with E-state index in [9.17, 15) is 4.79 Å².